The summed E-state index contributed by atoms with van der Waals surface area (Å²) in [5.41, 5.74) is 1.73. The van der Waals surface area contributed by atoms with Crippen molar-refractivity contribution in [3.05, 3.63) is 33.8 Å². The van der Waals surface area contributed by atoms with E-state index >= 15 is 0 Å². The first-order valence-electron chi connectivity index (χ1n) is 5.79. The molecule has 92 valence electrons. The first kappa shape index (κ1) is 12.6. The van der Waals surface area contributed by atoms with Gasteiger partial charge in [0.15, 0.2) is 0 Å². The predicted octanol–water partition coefficient (Wildman–Crippen LogP) is 2.52. The molecular weight excluding hydrogens is 282 g/mol. The third-order valence-corrected chi connectivity index (χ3v) is 3.50. The van der Waals surface area contributed by atoms with Crippen molar-refractivity contribution in [1.82, 2.24) is 5.32 Å². The fraction of sp³-hybridized carbons (Fsp3) is 0.462. The lowest BCUT2D eigenvalue weighted by atomic mass is 10.1. The maximum Gasteiger partial charge on any atom is 0.251 e. The van der Waals surface area contributed by atoms with Crippen molar-refractivity contribution in [3.8, 4) is 0 Å². The Morgan fingerprint density at radius 3 is 3.06 bits per heavy atom. The second-order valence-corrected chi connectivity index (χ2v) is 5.31. The van der Waals surface area contributed by atoms with E-state index in [2.05, 4.69) is 21.2 Å². The third kappa shape index (κ3) is 3.30. The molecule has 0 bridgehead atoms. The summed E-state index contributed by atoms with van der Waals surface area (Å²) in [6.07, 6.45) is 1.04. The van der Waals surface area contributed by atoms with Gasteiger partial charge in [0.1, 0.15) is 0 Å². The lowest BCUT2D eigenvalue weighted by Crippen LogP contribution is -2.29. The Hall–Kier alpha value is -0.870. The Morgan fingerprint density at radius 2 is 2.41 bits per heavy atom. The van der Waals surface area contributed by atoms with Crippen molar-refractivity contribution >= 4 is 21.8 Å². The topological polar surface area (TPSA) is 38.3 Å². The van der Waals surface area contributed by atoms with Gasteiger partial charge in [-0.1, -0.05) is 15.9 Å². The molecule has 1 amide bonds. The van der Waals surface area contributed by atoms with Crippen LogP contribution in [0.4, 0.5) is 0 Å². The molecule has 0 aliphatic carbocycles. The van der Waals surface area contributed by atoms with Crippen LogP contribution in [0.3, 0.4) is 0 Å². The molecule has 1 fully saturated rings. The van der Waals surface area contributed by atoms with Gasteiger partial charge in [-0.25, -0.2) is 0 Å². The largest absolute Gasteiger partial charge is 0.381 e. The minimum Gasteiger partial charge on any atom is -0.381 e. The summed E-state index contributed by atoms with van der Waals surface area (Å²) in [6.45, 7) is 4.23. The second kappa shape index (κ2) is 5.65. The number of benzene rings is 1. The SMILES string of the molecule is Cc1cc(Br)ccc1C(=O)NCC1CCOC1. The van der Waals surface area contributed by atoms with Crippen LogP contribution < -0.4 is 5.32 Å². The molecule has 1 saturated heterocycles. The van der Waals surface area contributed by atoms with Crippen LogP contribution in [0.5, 0.6) is 0 Å². The molecular formula is C13H16BrNO2. The number of nitrogens with one attached hydrogen (secondary N) is 1. The highest BCUT2D eigenvalue weighted by molar-refractivity contribution is 9.10. The van der Waals surface area contributed by atoms with Crippen molar-refractivity contribution in [2.45, 2.75) is 13.3 Å². The third-order valence-electron chi connectivity index (χ3n) is 3.01. The van der Waals surface area contributed by atoms with Gasteiger partial charge in [0.25, 0.3) is 5.91 Å². The standard InChI is InChI=1S/C13H16BrNO2/c1-9-6-11(14)2-3-12(9)13(16)15-7-10-4-5-17-8-10/h2-3,6,10H,4-5,7-8H2,1H3,(H,15,16). The zero-order valence-corrected chi connectivity index (χ0v) is 11.4. The minimum absolute atomic E-state index is 0.00176. The van der Waals surface area contributed by atoms with Crippen molar-refractivity contribution in [2.24, 2.45) is 5.92 Å². The van der Waals surface area contributed by atoms with Crippen LogP contribution in [0.1, 0.15) is 22.3 Å². The van der Waals surface area contributed by atoms with E-state index in [1.807, 2.05) is 25.1 Å². The summed E-state index contributed by atoms with van der Waals surface area (Å²) in [4.78, 5) is 12.0. The lowest BCUT2D eigenvalue weighted by molar-refractivity contribution is 0.0944. The summed E-state index contributed by atoms with van der Waals surface area (Å²) in [6, 6.07) is 5.69. The summed E-state index contributed by atoms with van der Waals surface area (Å²) >= 11 is 3.39. The molecule has 1 aliphatic rings. The lowest BCUT2D eigenvalue weighted by Gasteiger charge is -2.11. The maximum absolute atomic E-state index is 12.0. The van der Waals surface area contributed by atoms with Crippen LogP contribution in [-0.4, -0.2) is 25.7 Å². The quantitative estimate of drug-likeness (QED) is 0.931. The van der Waals surface area contributed by atoms with E-state index < -0.39 is 0 Å². The zero-order chi connectivity index (χ0) is 12.3. The summed E-state index contributed by atoms with van der Waals surface area (Å²) in [7, 11) is 0. The highest BCUT2D eigenvalue weighted by Gasteiger charge is 2.17. The number of rotatable bonds is 3. The van der Waals surface area contributed by atoms with E-state index in [-0.39, 0.29) is 5.91 Å². The molecule has 1 aliphatic heterocycles. The second-order valence-electron chi connectivity index (χ2n) is 4.40. The van der Waals surface area contributed by atoms with Crippen LogP contribution in [0.25, 0.3) is 0 Å². The molecule has 3 nitrogen and oxygen atoms in total. The highest BCUT2D eigenvalue weighted by Crippen LogP contribution is 2.16. The van der Waals surface area contributed by atoms with Crippen LogP contribution in [0.2, 0.25) is 0 Å². The monoisotopic (exact) mass is 297 g/mol. The normalized spacial score (nSPS) is 19.3. The van der Waals surface area contributed by atoms with Gasteiger partial charge in [-0.15, -0.1) is 0 Å². The van der Waals surface area contributed by atoms with E-state index in [1.54, 1.807) is 0 Å². The van der Waals surface area contributed by atoms with Gasteiger partial charge >= 0.3 is 0 Å². The Morgan fingerprint density at radius 1 is 1.59 bits per heavy atom. The molecule has 0 saturated carbocycles. The molecule has 1 unspecified atom stereocenters. The molecule has 2 rings (SSSR count). The van der Waals surface area contributed by atoms with Gasteiger partial charge in [0.2, 0.25) is 0 Å². The van der Waals surface area contributed by atoms with Crippen molar-refractivity contribution in [2.75, 3.05) is 19.8 Å². The zero-order valence-electron chi connectivity index (χ0n) is 9.83. The molecule has 1 aromatic rings. The molecule has 0 radical (unpaired) electrons. The number of aryl methyl sites for hydroxylation is 1. The molecule has 0 spiro atoms. The molecule has 1 aromatic carbocycles. The van der Waals surface area contributed by atoms with Gasteiger partial charge in [0, 0.05) is 29.1 Å². The minimum atomic E-state index is 0.00176. The Balaban J connectivity index is 1.94. The summed E-state index contributed by atoms with van der Waals surface area (Å²) in [5, 5.41) is 2.97. The summed E-state index contributed by atoms with van der Waals surface area (Å²) < 4.78 is 6.27. The number of amides is 1. The smallest absolute Gasteiger partial charge is 0.251 e. The molecule has 17 heavy (non-hydrogen) atoms. The number of hydrogen-bond donors (Lipinski definition) is 1. The molecule has 4 heteroatoms. The molecule has 1 heterocycles. The number of ether oxygens (including phenoxy) is 1. The van der Waals surface area contributed by atoms with Crippen LogP contribution >= 0.6 is 15.9 Å². The first-order valence-corrected chi connectivity index (χ1v) is 6.58. The maximum atomic E-state index is 12.0. The Labute approximate surface area is 110 Å². The predicted molar refractivity (Wildman–Crippen MR) is 70.1 cm³/mol. The van der Waals surface area contributed by atoms with Crippen LogP contribution in [-0.2, 0) is 4.74 Å². The van der Waals surface area contributed by atoms with Crippen molar-refractivity contribution < 1.29 is 9.53 Å². The van der Waals surface area contributed by atoms with E-state index in [1.165, 1.54) is 0 Å². The van der Waals surface area contributed by atoms with E-state index in [0.29, 0.717) is 12.5 Å². The average Bonchev–Trinajstić information content (AvgIpc) is 2.78. The van der Waals surface area contributed by atoms with Gasteiger partial charge in [-0.2, -0.15) is 0 Å². The van der Waals surface area contributed by atoms with Gasteiger partial charge in [-0.3, -0.25) is 4.79 Å². The highest BCUT2D eigenvalue weighted by atomic mass is 79.9. The fourth-order valence-corrected chi connectivity index (χ4v) is 2.43. The Bertz CT molecular complexity index is 414. The van der Waals surface area contributed by atoms with Gasteiger partial charge in [0.05, 0.1) is 6.61 Å². The number of hydrogen-bond acceptors (Lipinski definition) is 2. The summed E-state index contributed by atoms with van der Waals surface area (Å²) in [5.74, 6) is 0.469. The number of carbonyl (C=O) groups excluding carboxylic acids is 1. The van der Waals surface area contributed by atoms with Crippen molar-refractivity contribution in [1.29, 1.82) is 0 Å². The first-order chi connectivity index (χ1) is 8.16. The fourth-order valence-electron chi connectivity index (χ4n) is 1.96. The number of halogens is 1. The molecule has 0 aromatic heterocycles. The molecule has 1 atom stereocenters. The van der Waals surface area contributed by atoms with Gasteiger partial charge < -0.3 is 10.1 Å². The van der Waals surface area contributed by atoms with Crippen molar-refractivity contribution in [3.63, 3.8) is 0 Å². The van der Waals surface area contributed by atoms with E-state index in [4.69, 9.17) is 4.74 Å². The van der Waals surface area contributed by atoms with Crippen LogP contribution in [0.15, 0.2) is 22.7 Å². The number of carbonyl (C=O) groups is 1. The Kier molecular flexibility index (Phi) is 4.18. The van der Waals surface area contributed by atoms with Gasteiger partial charge in [-0.05, 0) is 37.1 Å². The van der Waals surface area contributed by atoms with E-state index in [0.717, 1.165) is 35.2 Å². The van der Waals surface area contributed by atoms with Crippen LogP contribution in [0, 0.1) is 12.8 Å². The average molecular weight is 298 g/mol. The molecule has 1 N–H and O–H groups in total. The van der Waals surface area contributed by atoms with E-state index in [9.17, 15) is 4.79 Å².